The molecule has 1 aromatic rings. The predicted octanol–water partition coefficient (Wildman–Crippen LogP) is 1.64. The van der Waals surface area contributed by atoms with E-state index in [-0.39, 0.29) is 6.61 Å². The van der Waals surface area contributed by atoms with Crippen LogP contribution < -0.4 is 4.72 Å². The first kappa shape index (κ1) is 15.8. The van der Waals surface area contributed by atoms with Crippen molar-refractivity contribution >= 4 is 21.8 Å². The van der Waals surface area contributed by atoms with Crippen molar-refractivity contribution < 1.29 is 13.5 Å². The number of aliphatic hydroxyl groups is 1. The number of rotatable bonds is 6. The van der Waals surface area contributed by atoms with Gasteiger partial charge in [0.25, 0.3) is 0 Å². The van der Waals surface area contributed by atoms with E-state index < -0.39 is 10.0 Å². The quantitative estimate of drug-likeness (QED) is 0.837. The standard InChI is InChI=1S/C14H21NO3S2/c16-8-5-12-1-3-14(4-2-12)20(17,18)15-11-13-6-9-19-10-7-13/h1-4,13,15-16H,5-11H2. The molecule has 1 saturated heterocycles. The van der Waals surface area contributed by atoms with Gasteiger partial charge in [0.1, 0.15) is 0 Å². The highest BCUT2D eigenvalue weighted by Crippen LogP contribution is 2.22. The minimum Gasteiger partial charge on any atom is -0.396 e. The van der Waals surface area contributed by atoms with Crippen LogP contribution in [-0.2, 0) is 16.4 Å². The molecule has 1 heterocycles. The third kappa shape index (κ3) is 4.48. The predicted molar refractivity (Wildman–Crippen MR) is 82.5 cm³/mol. The van der Waals surface area contributed by atoms with Gasteiger partial charge in [-0.3, -0.25) is 0 Å². The Labute approximate surface area is 125 Å². The monoisotopic (exact) mass is 315 g/mol. The second kappa shape index (κ2) is 7.45. The maximum Gasteiger partial charge on any atom is 0.240 e. The highest BCUT2D eigenvalue weighted by atomic mass is 32.2. The molecule has 1 aromatic carbocycles. The summed E-state index contributed by atoms with van der Waals surface area (Å²) in [5, 5.41) is 8.85. The molecule has 2 N–H and O–H groups in total. The normalized spacial score (nSPS) is 17.2. The molecule has 1 aliphatic heterocycles. The minimum atomic E-state index is -3.41. The average molecular weight is 315 g/mol. The molecule has 0 aliphatic carbocycles. The molecule has 1 fully saturated rings. The second-order valence-corrected chi connectivity index (χ2v) is 8.02. The fourth-order valence-corrected chi connectivity index (χ4v) is 4.55. The van der Waals surface area contributed by atoms with E-state index in [9.17, 15) is 8.42 Å². The summed E-state index contributed by atoms with van der Waals surface area (Å²) < 4.78 is 27.1. The molecule has 0 spiro atoms. The average Bonchev–Trinajstić information content (AvgIpc) is 2.47. The number of benzene rings is 1. The van der Waals surface area contributed by atoms with Crippen LogP contribution in [-0.4, -0.2) is 38.2 Å². The molecule has 4 nitrogen and oxygen atoms in total. The van der Waals surface area contributed by atoms with Gasteiger partial charge in [0.2, 0.25) is 10.0 Å². The van der Waals surface area contributed by atoms with Crippen molar-refractivity contribution in [1.29, 1.82) is 0 Å². The largest absolute Gasteiger partial charge is 0.396 e. The lowest BCUT2D eigenvalue weighted by Crippen LogP contribution is -2.31. The van der Waals surface area contributed by atoms with Gasteiger partial charge in [0.05, 0.1) is 4.90 Å². The first-order valence-corrected chi connectivity index (χ1v) is 9.53. The van der Waals surface area contributed by atoms with Crippen molar-refractivity contribution in [1.82, 2.24) is 4.72 Å². The van der Waals surface area contributed by atoms with Crippen molar-refractivity contribution in [3.63, 3.8) is 0 Å². The fourth-order valence-electron chi connectivity index (χ4n) is 2.23. The molecule has 0 aromatic heterocycles. The number of hydrogen-bond donors (Lipinski definition) is 2. The van der Waals surface area contributed by atoms with Gasteiger partial charge in [0.15, 0.2) is 0 Å². The van der Waals surface area contributed by atoms with Crippen molar-refractivity contribution in [2.75, 3.05) is 24.7 Å². The van der Waals surface area contributed by atoms with E-state index in [0.717, 1.165) is 29.9 Å². The van der Waals surface area contributed by atoms with Gasteiger partial charge in [-0.05, 0) is 54.4 Å². The number of thioether (sulfide) groups is 1. The number of hydrogen-bond acceptors (Lipinski definition) is 4. The molecule has 0 amide bonds. The zero-order valence-electron chi connectivity index (χ0n) is 11.4. The van der Waals surface area contributed by atoms with Gasteiger partial charge in [-0.1, -0.05) is 12.1 Å². The highest BCUT2D eigenvalue weighted by Gasteiger charge is 2.18. The van der Waals surface area contributed by atoms with E-state index >= 15 is 0 Å². The number of nitrogens with one attached hydrogen (secondary N) is 1. The lowest BCUT2D eigenvalue weighted by molar-refractivity contribution is 0.299. The van der Waals surface area contributed by atoms with Crippen LogP contribution >= 0.6 is 11.8 Å². The summed E-state index contributed by atoms with van der Waals surface area (Å²) in [6.07, 6.45) is 2.72. The van der Waals surface area contributed by atoms with Gasteiger partial charge in [-0.15, -0.1) is 0 Å². The maximum atomic E-state index is 12.2. The molecular weight excluding hydrogens is 294 g/mol. The third-order valence-electron chi connectivity index (χ3n) is 3.54. The summed E-state index contributed by atoms with van der Waals surface area (Å²) >= 11 is 1.94. The van der Waals surface area contributed by atoms with E-state index in [0.29, 0.717) is 23.8 Å². The van der Waals surface area contributed by atoms with Crippen LogP contribution in [0.25, 0.3) is 0 Å². The first-order valence-electron chi connectivity index (χ1n) is 6.89. The lowest BCUT2D eigenvalue weighted by atomic mass is 10.0. The Hall–Kier alpha value is -0.560. The van der Waals surface area contributed by atoms with E-state index in [4.69, 9.17) is 5.11 Å². The maximum absolute atomic E-state index is 12.2. The summed E-state index contributed by atoms with van der Waals surface area (Å²) in [5.41, 5.74) is 0.941. The molecule has 0 radical (unpaired) electrons. The Balaban J connectivity index is 1.94. The highest BCUT2D eigenvalue weighted by molar-refractivity contribution is 7.99. The van der Waals surface area contributed by atoms with Gasteiger partial charge < -0.3 is 5.11 Å². The van der Waals surface area contributed by atoms with E-state index in [1.54, 1.807) is 24.3 Å². The number of aliphatic hydroxyl groups excluding tert-OH is 1. The lowest BCUT2D eigenvalue weighted by Gasteiger charge is -2.21. The van der Waals surface area contributed by atoms with Crippen LogP contribution in [0, 0.1) is 5.92 Å². The minimum absolute atomic E-state index is 0.0735. The van der Waals surface area contributed by atoms with Crippen LogP contribution in [0.4, 0.5) is 0 Å². The van der Waals surface area contributed by atoms with Gasteiger partial charge >= 0.3 is 0 Å². The SMILES string of the molecule is O=S(=O)(NCC1CCSCC1)c1ccc(CCO)cc1. The van der Waals surface area contributed by atoms with Crippen LogP contribution in [0.1, 0.15) is 18.4 Å². The molecule has 20 heavy (non-hydrogen) atoms. The molecule has 112 valence electrons. The Morgan fingerprint density at radius 3 is 2.45 bits per heavy atom. The van der Waals surface area contributed by atoms with Crippen LogP contribution in [0.3, 0.4) is 0 Å². The Morgan fingerprint density at radius 2 is 1.85 bits per heavy atom. The third-order valence-corrected chi connectivity index (χ3v) is 6.03. The molecule has 0 unspecified atom stereocenters. The Kier molecular flexibility index (Phi) is 5.89. The van der Waals surface area contributed by atoms with Crippen molar-refractivity contribution in [2.45, 2.75) is 24.2 Å². The van der Waals surface area contributed by atoms with Gasteiger partial charge in [0, 0.05) is 13.2 Å². The molecule has 0 atom stereocenters. The van der Waals surface area contributed by atoms with Crippen molar-refractivity contribution in [2.24, 2.45) is 5.92 Å². The van der Waals surface area contributed by atoms with Crippen LogP contribution in [0.5, 0.6) is 0 Å². The molecule has 0 saturated carbocycles. The van der Waals surface area contributed by atoms with Crippen LogP contribution in [0.2, 0.25) is 0 Å². The number of sulfonamides is 1. The van der Waals surface area contributed by atoms with Crippen LogP contribution in [0.15, 0.2) is 29.2 Å². The zero-order valence-corrected chi connectivity index (χ0v) is 13.0. The molecule has 0 bridgehead atoms. The van der Waals surface area contributed by atoms with E-state index in [1.165, 1.54) is 0 Å². The summed E-state index contributed by atoms with van der Waals surface area (Å²) in [7, 11) is -3.41. The zero-order chi connectivity index (χ0) is 14.4. The summed E-state index contributed by atoms with van der Waals surface area (Å²) in [4.78, 5) is 0.296. The summed E-state index contributed by atoms with van der Waals surface area (Å²) in [5.74, 6) is 2.71. The van der Waals surface area contributed by atoms with Gasteiger partial charge in [-0.25, -0.2) is 13.1 Å². The smallest absolute Gasteiger partial charge is 0.240 e. The Morgan fingerprint density at radius 1 is 1.20 bits per heavy atom. The summed E-state index contributed by atoms with van der Waals surface area (Å²) in [6, 6.07) is 6.71. The molecule has 1 aliphatic rings. The topological polar surface area (TPSA) is 66.4 Å². The van der Waals surface area contributed by atoms with Gasteiger partial charge in [-0.2, -0.15) is 11.8 Å². The molecule has 2 rings (SSSR count). The van der Waals surface area contributed by atoms with Crippen molar-refractivity contribution in [3.8, 4) is 0 Å². The van der Waals surface area contributed by atoms with Crippen molar-refractivity contribution in [3.05, 3.63) is 29.8 Å². The summed E-state index contributed by atoms with van der Waals surface area (Å²) in [6.45, 7) is 0.603. The first-order chi connectivity index (χ1) is 9.62. The second-order valence-electron chi connectivity index (χ2n) is 5.03. The molecular formula is C14H21NO3S2. The van der Waals surface area contributed by atoms with E-state index in [1.807, 2.05) is 11.8 Å². The Bertz CT molecular complexity index is 508. The fraction of sp³-hybridized carbons (Fsp3) is 0.571. The van der Waals surface area contributed by atoms with E-state index in [2.05, 4.69) is 4.72 Å². The molecule has 6 heteroatoms.